The van der Waals surface area contributed by atoms with E-state index in [4.69, 9.17) is 11.6 Å². The van der Waals surface area contributed by atoms with Crippen molar-refractivity contribution >= 4 is 16.8 Å². The van der Waals surface area contributed by atoms with E-state index in [-0.39, 0.29) is 5.24 Å². The van der Waals surface area contributed by atoms with E-state index in [0.29, 0.717) is 6.42 Å². The van der Waals surface area contributed by atoms with Crippen LogP contribution in [0.5, 0.6) is 0 Å². The first-order chi connectivity index (χ1) is 6.74. The third kappa shape index (κ3) is 3.97. The molecule has 0 N–H and O–H groups in total. The van der Waals surface area contributed by atoms with E-state index in [1.807, 2.05) is 0 Å². The van der Waals surface area contributed by atoms with Crippen molar-refractivity contribution in [2.75, 3.05) is 13.1 Å². The molecule has 0 aromatic carbocycles. The van der Waals surface area contributed by atoms with Crippen LogP contribution in [0.3, 0.4) is 0 Å². The van der Waals surface area contributed by atoms with Gasteiger partial charge in [0.15, 0.2) is 0 Å². The second-order valence-corrected chi connectivity index (χ2v) is 4.47. The molecule has 0 spiro atoms. The summed E-state index contributed by atoms with van der Waals surface area (Å²) in [6.45, 7) is 4.49. The van der Waals surface area contributed by atoms with Gasteiger partial charge in [-0.1, -0.05) is 13.3 Å². The van der Waals surface area contributed by atoms with Crippen LogP contribution in [0.1, 0.15) is 45.4 Å². The van der Waals surface area contributed by atoms with E-state index in [1.165, 1.54) is 32.2 Å². The molecule has 2 nitrogen and oxygen atoms in total. The summed E-state index contributed by atoms with van der Waals surface area (Å²) in [6.07, 6.45) is 6.67. The Hall–Kier alpha value is -0.0800. The highest BCUT2D eigenvalue weighted by molar-refractivity contribution is 6.63. The van der Waals surface area contributed by atoms with Crippen molar-refractivity contribution in [3.05, 3.63) is 0 Å². The average Bonchev–Trinajstić information content (AvgIpc) is 2.18. The van der Waals surface area contributed by atoms with E-state index in [0.717, 1.165) is 19.0 Å². The Labute approximate surface area is 91.6 Å². The lowest BCUT2D eigenvalue weighted by Crippen LogP contribution is -2.39. The summed E-state index contributed by atoms with van der Waals surface area (Å²) >= 11 is 5.31. The number of halogens is 1. The molecule has 0 radical (unpaired) electrons. The molecule has 0 aromatic heterocycles. The minimum atomic E-state index is -0.199. The van der Waals surface area contributed by atoms with Crippen LogP contribution in [-0.2, 0) is 4.79 Å². The van der Waals surface area contributed by atoms with Gasteiger partial charge in [-0.3, -0.25) is 4.79 Å². The zero-order chi connectivity index (χ0) is 10.4. The van der Waals surface area contributed by atoms with Crippen LogP contribution in [0, 0.1) is 0 Å². The van der Waals surface area contributed by atoms with Crippen molar-refractivity contribution in [1.29, 1.82) is 0 Å². The second kappa shape index (κ2) is 6.41. The second-order valence-electron chi connectivity index (χ2n) is 4.05. The van der Waals surface area contributed by atoms with Gasteiger partial charge in [-0.05, 0) is 50.4 Å². The molecule has 1 saturated heterocycles. The standard InChI is InChI=1S/C11H20ClNO/c1-2-10-6-3-4-8-13(10)9-5-7-11(12)14/h10H,2-9H2,1H3. The minimum Gasteiger partial charge on any atom is -0.300 e. The molecular formula is C11H20ClNO. The number of rotatable bonds is 5. The Morgan fingerprint density at radius 1 is 1.50 bits per heavy atom. The predicted octanol–water partition coefficient (Wildman–Crippen LogP) is 2.80. The molecule has 1 aliphatic heterocycles. The van der Waals surface area contributed by atoms with E-state index in [1.54, 1.807) is 0 Å². The number of carbonyl (C=O) groups is 1. The Morgan fingerprint density at radius 3 is 2.93 bits per heavy atom. The average molecular weight is 218 g/mol. The van der Waals surface area contributed by atoms with Crippen molar-refractivity contribution in [2.24, 2.45) is 0 Å². The summed E-state index contributed by atoms with van der Waals surface area (Å²) in [5.41, 5.74) is 0. The number of carbonyl (C=O) groups excluding carboxylic acids is 1. The van der Waals surface area contributed by atoms with Gasteiger partial charge in [0.1, 0.15) is 0 Å². The van der Waals surface area contributed by atoms with E-state index in [2.05, 4.69) is 11.8 Å². The lowest BCUT2D eigenvalue weighted by Gasteiger charge is -2.35. The van der Waals surface area contributed by atoms with Gasteiger partial charge in [-0.15, -0.1) is 0 Å². The van der Waals surface area contributed by atoms with E-state index < -0.39 is 0 Å². The number of hydrogen-bond donors (Lipinski definition) is 0. The normalized spacial score (nSPS) is 23.7. The Kier molecular flexibility index (Phi) is 5.49. The quantitative estimate of drug-likeness (QED) is 0.661. The van der Waals surface area contributed by atoms with E-state index in [9.17, 15) is 4.79 Å². The van der Waals surface area contributed by atoms with Crippen LogP contribution in [0.15, 0.2) is 0 Å². The fourth-order valence-electron chi connectivity index (χ4n) is 2.24. The van der Waals surface area contributed by atoms with Gasteiger partial charge in [0.2, 0.25) is 5.24 Å². The van der Waals surface area contributed by atoms with Crippen molar-refractivity contribution in [2.45, 2.75) is 51.5 Å². The largest absolute Gasteiger partial charge is 0.300 e. The van der Waals surface area contributed by atoms with Crippen LogP contribution in [-0.4, -0.2) is 29.3 Å². The predicted molar refractivity (Wildman–Crippen MR) is 59.6 cm³/mol. The van der Waals surface area contributed by atoms with Crippen LogP contribution >= 0.6 is 11.6 Å². The molecule has 3 heteroatoms. The first-order valence-electron chi connectivity index (χ1n) is 5.66. The summed E-state index contributed by atoms with van der Waals surface area (Å²) < 4.78 is 0. The molecule has 14 heavy (non-hydrogen) atoms. The summed E-state index contributed by atoms with van der Waals surface area (Å²) in [6, 6.07) is 0.745. The highest BCUT2D eigenvalue weighted by Crippen LogP contribution is 2.19. The highest BCUT2D eigenvalue weighted by Gasteiger charge is 2.19. The molecule has 1 atom stereocenters. The first kappa shape index (κ1) is 12.0. The minimum absolute atomic E-state index is 0.199. The number of piperidine rings is 1. The third-order valence-electron chi connectivity index (χ3n) is 3.04. The summed E-state index contributed by atoms with van der Waals surface area (Å²) in [7, 11) is 0. The number of nitrogens with zero attached hydrogens (tertiary/aromatic N) is 1. The van der Waals surface area contributed by atoms with E-state index >= 15 is 0 Å². The van der Waals surface area contributed by atoms with Gasteiger partial charge >= 0.3 is 0 Å². The molecule has 82 valence electrons. The number of hydrogen-bond acceptors (Lipinski definition) is 2. The third-order valence-corrected chi connectivity index (χ3v) is 3.23. The first-order valence-corrected chi connectivity index (χ1v) is 6.04. The molecule has 0 bridgehead atoms. The van der Waals surface area contributed by atoms with Crippen molar-refractivity contribution < 1.29 is 4.79 Å². The topological polar surface area (TPSA) is 20.3 Å². The lowest BCUT2D eigenvalue weighted by atomic mass is 10.00. The van der Waals surface area contributed by atoms with Gasteiger partial charge in [0, 0.05) is 12.5 Å². The van der Waals surface area contributed by atoms with Crippen LogP contribution < -0.4 is 0 Å². The van der Waals surface area contributed by atoms with Gasteiger partial charge in [-0.25, -0.2) is 0 Å². The lowest BCUT2D eigenvalue weighted by molar-refractivity contribution is -0.111. The molecule has 1 rings (SSSR count). The maximum Gasteiger partial charge on any atom is 0.221 e. The molecule has 1 heterocycles. The monoisotopic (exact) mass is 217 g/mol. The van der Waals surface area contributed by atoms with Gasteiger partial charge in [0.05, 0.1) is 0 Å². The molecule has 1 aliphatic rings. The van der Waals surface area contributed by atoms with Gasteiger partial charge < -0.3 is 4.90 Å². The zero-order valence-electron chi connectivity index (χ0n) is 8.97. The Morgan fingerprint density at radius 2 is 2.29 bits per heavy atom. The van der Waals surface area contributed by atoms with Gasteiger partial charge in [-0.2, -0.15) is 0 Å². The van der Waals surface area contributed by atoms with Gasteiger partial charge in [0.25, 0.3) is 0 Å². The maximum atomic E-state index is 10.6. The van der Waals surface area contributed by atoms with Crippen molar-refractivity contribution in [1.82, 2.24) is 4.90 Å². The molecule has 1 unspecified atom stereocenters. The van der Waals surface area contributed by atoms with Crippen LogP contribution in [0.25, 0.3) is 0 Å². The van der Waals surface area contributed by atoms with Crippen molar-refractivity contribution in [3.8, 4) is 0 Å². The summed E-state index contributed by atoms with van der Waals surface area (Å²) in [4.78, 5) is 13.1. The molecule has 0 aromatic rings. The fourth-order valence-corrected chi connectivity index (χ4v) is 2.37. The molecular weight excluding hydrogens is 198 g/mol. The molecule has 1 fully saturated rings. The zero-order valence-corrected chi connectivity index (χ0v) is 9.72. The van der Waals surface area contributed by atoms with Crippen LogP contribution in [0.2, 0.25) is 0 Å². The van der Waals surface area contributed by atoms with Crippen molar-refractivity contribution in [3.63, 3.8) is 0 Å². The summed E-state index contributed by atoms with van der Waals surface area (Å²) in [5.74, 6) is 0. The Bertz CT molecular complexity index is 184. The summed E-state index contributed by atoms with van der Waals surface area (Å²) in [5, 5.41) is -0.199. The maximum absolute atomic E-state index is 10.6. The smallest absolute Gasteiger partial charge is 0.221 e. The van der Waals surface area contributed by atoms with Crippen LogP contribution in [0.4, 0.5) is 0 Å². The molecule has 0 saturated carbocycles. The number of likely N-dealkylation sites (tertiary alicyclic amines) is 1. The fraction of sp³-hybridized carbons (Fsp3) is 0.909. The molecule has 0 amide bonds. The highest BCUT2D eigenvalue weighted by atomic mass is 35.5. The SMILES string of the molecule is CCC1CCCCN1CCCC(=O)Cl. The Balaban J connectivity index is 2.22. The molecule has 0 aliphatic carbocycles.